The highest BCUT2D eigenvalue weighted by atomic mass is 16.2. The van der Waals surface area contributed by atoms with Crippen molar-refractivity contribution in [1.82, 2.24) is 25.1 Å². The van der Waals surface area contributed by atoms with Gasteiger partial charge in [-0.2, -0.15) is 0 Å². The molecule has 1 saturated heterocycles. The van der Waals surface area contributed by atoms with Crippen LogP contribution in [0.3, 0.4) is 0 Å². The number of benzene rings is 1. The maximum Gasteiger partial charge on any atom is 0.253 e. The van der Waals surface area contributed by atoms with E-state index in [1.165, 1.54) is 26.2 Å². The monoisotopic (exact) mass is 559 g/mol. The Morgan fingerprint density at radius 3 is 2.32 bits per heavy atom. The van der Waals surface area contributed by atoms with Crippen LogP contribution in [0.4, 0.5) is 5.82 Å². The minimum absolute atomic E-state index is 0.0115. The summed E-state index contributed by atoms with van der Waals surface area (Å²) in [6.45, 7) is 12.5. The molecule has 0 aliphatic carbocycles. The Hall–Kier alpha value is -4.15. The molecule has 4 rings (SSSR count). The van der Waals surface area contributed by atoms with E-state index in [0.29, 0.717) is 33.8 Å². The normalized spacial score (nSPS) is 13.7. The van der Waals surface area contributed by atoms with Crippen molar-refractivity contribution in [3.05, 3.63) is 80.3 Å². The molecule has 10 nitrogen and oxygen atoms in total. The predicted molar refractivity (Wildman–Crippen MR) is 164 cm³/mol. The number of carbonyl (C=O) groups is 2. The van der Waals surface area contributed by atoms with Gasteiger partial charge in [-0.1, -0.05) is 18.2 Å². The van der Waals surface area contributed by atoms with Crippen LogP contribution in [0.1, 0.15) is 56.9 Å². The maximum absolute atomic E-state index is 13.2. The molecule has 0 atom stereocenters. The van der Waals surface area contributed by atoms with Gasteiger partial charge in [-0.15, -0.1) is 0 Å². The first-order valence-corrected chi connectivity index (χ1v) is 13.7. The molecule has 1 fully saturated rings. The topological polar surface area (TPSA) is 134 Å². The SMILES string of the molecule is CN1CCN(C)CC1.Cc1cc(C)c(CNC(=O)c2cc(-c3cccc(C=O)c3)nc(NC(C)C)c2C=N)c(=O)[nH]1. The standard InChI is InChI=1S/C25H27N5O3.C6H14N2/c1-14(2)28-23-20(11-26)19(10-22(30-23)18-7-5-6-17(9-18)13-31)24(32)27-12-21-15(3)8-16(4)29-25(21)33;1-7-3-5-8(2)6-4-7/h5-11,13-14,26H,12H2,1-4H3,(H,27,32)(H,28,30)(H,29,33);3-6H2,1-2H3. The predicted octanol–water partition coefficient (Wildman–Crippen LogP) is 3.48. The van der Waals surface area contributed by atoms with E-state index in [1.54, 1.807) is 37.3 Å². The van der Waals surface area contributed by atoms with Gasteiger partial charge in [0, 0.05) is 72.9 Å². The summed E-state index contributed by atoms with van der Waals surface area (Å²) in [6.07, 6.45) is 1.83. The van der Waals surface area contributed by atoms with E-state index in [0.717, 1.165) is 23.8 Å². The molecule has 10 heteroatoms. The quantitative estimate of drug-likeness (QED) is 0.245. The Labute approximate surface area is 241 Å². The van der Waals surface area contributed by atoms with E-state index in [1.807, 2.05) is 26.8 Å². The Morgan fingerprint density at radius 2 is 1.76 bits per heavy atom. The minimum Gasteiger partial charge on any atom is -0.367 e. The third kappa shape index (κ3) is 8.67. The molecule has 3 aromatic rings. The van der Waals surface area contributed by atoms with Crippen molar-refractivity contribution in [2.45, 2.75) is 40.3 Å². The number of nitrogens with zero attached hydrogens (tertiary/aromatic N) is 3. The van der Waals surface area contributed by atoms with Gasteiger partial charge in [0.05, 0.1) is 11.3 Å². The highest BCUT2D eigenvalue weighted by molar-refractivity contribution is 6.05. The molecule has 0 spiro atoms. The largest absolute Gasteiger partial charge is 0.367 e. The number of aromatic amines is 1. The molecule has 1 aromatic carbocycles. The van der Waals surface area contributed by atoms with Gasteiger partial charge in [0.15, 0.2) is 0 Å². The van der Waals surface area contributed by atoms with Crippen molar-refractivity contribution in [3.63, 3.8) is 0 Å². The van der Waals surface area contributed by atoms with Gasteiger partial charge in [0.25, 0.3) is 11.5 Å². The molecule has 1 aliphatic heterocycles. The molecule has 1 aliphatic rings. The first kappa shape index (κ1) is 31.4. The Bertz CT molecular complexity index is 1430. The summed E-state index contributed by atoms with van der Waals surface area (Å²) in [5.41, 5.74) is 3.99. The molecule has 1 amide bonds. The average Bonchev–Trinajstić information content (AvgIpc) is 2.93. The lowest BCUT2D eigenvalue weighted by molar-refractivity contribution is 0.0950. The minimum atomic E-state index is -0.435. The van der Waals surface area contributed by atoms with Crippen LogP contribution < -0.4 is 16.2 Å². The Balaban J connectivity index is 0.000000496. The third-order valence-corrected chi connectivity index (χ3v) is 6.84. The summed E-state index contributed by atoms with van der Waals surface area (Å²) in [5, 5.41) is 13.9. The Morgan fingerprint density at radius 1 is 1.10 bits per heavy atom. The van der Waals surface area contributed by atoms with Crippen molar-refractivity contribution >= 4 is 24.2 Å². The lowest BCUT2D eigenvalue weighted by atomic mass is 10.0. The highest BCUT2D eigenvalue weighted by Gasteiger charge is 2.19. The number of amides is 1. The smallest absolute Gasteiger partial charge is 0.253 e. The van der Waals surface area contributed by atoms with Crippen molar-refractivity contribution in [2.75, 3.05) is 45.6 Å². The number of pyridine rings is 2. The molecule has 0 bridgehead atoms. The van der Waals surface area contributed by atoms with E-state index in [9.17, 15) is 14.4 Å². The zero-order chi connectivity index (χ0) is 30.1. The molecule has 2 aromatic heterocycles. The van der Waals surface area contributed by atoms with Crippen LogP contribution in [0.25, 0.3) is 11.3 Å². The van der Waals surface area contributed by atoms with Crippen molar-refractivity contribution in [2.24, 2.45) is 0 Å². The van der Waals surface area contributed by atoms with Crippen molar-refractivity contribution in [3.8, 4) is 11.3 Å². The molecular formula is C31H41N7O3. The fourth-order valence-corrected chi connectivity index (χ4v) is 4.46. The van der Waals surface area contributed by atoms with Gasteiger partial charge >= 0.3 is 0 Å². The van der Waals surface area contributed by atoms with Crippen LogP contribution in [0.5, 0.6) is 0 Å². The van der Waals surface area contributed by atoms with Crippen LogP contribution >= 0.6 is 0 Å². The number of rotatable bonds is 8. The van der Waals surface area contributed by atoms with Gasteiger partial charge < -0.3 is 30.8 Å². The average molecular weight is 560 g/mol. The van der Waals surface area contributed by atoms with Crippen LogP contribution in [0, 0.1) is 19.3 Å². The molecule has 4 N–H and O–H groups in total. The molecular weight excluding hydrogens is 518 g/mol. The fraction of sp³-hybridized carbons (Fsp3) is 0.387. The maximum atomic E-state index is 13.2. The van der Waals surface area contributed by atoms with Crippen molar-refractivity contribution < 1.29 is 9.59 Å². The summed E-state index contributed by atoms with van der Waals surface area (Å²) < 4.78 is 0. The second-order valence-electron chi connectivity index (χ2n) is 10.7. The van der Waals surface area contributed by atoms with Gasteiger partial charge in [-0.25, -0.2) is 4.98 Å². The number of nitrogens with one attached hydrogen (secondary N) is 4. The Kier molecular flexibility index (Phi) is 11.1. The summed E-state index contributed by atoms with van der Waals surface area (Å²) in [5.74, 6) is -0.0432. The zero-order valence-corrected chi connectivity index (χ0v) is 24.8. The molecule has 0 unspecified atom stereocenters. The van der Waals surface area contributed by atoms with Gasteiger partial charge in [-0.05, 0) is 65.6 Å². The van der Waals surface area contributed by atoms with E-state index >= 15 is 0 Å². The van der Waals surface area contributed by atoms with Crippen LogP contribution in [-0.2, 0) is 6.54 Å². The first-order valence-electron chi connectivity index (χ1n) is 13.7. The molecule has 0 radical (unpaired) electrons. The second kappa shape index (κ2) is 14.5. The fourth-order valence-electron chi connectivity index (χ4n) is 4.46. The van der Waals surface area contributed by atoms with E-state index in [4.69, 9.17) is 5.41 Å². The molecule has 41 heavy (non-hydrogen) atoms. The number of hydrogen-bond acceptors (Lipinski definition) is 8. The number of anilines is 1. The van der Waals surface area contributed by atoms with E-state index < -0.39 is 5.91 Å². The number of aldehydes is 1. The van der Waals surface area contributed by atoms with Crippen LogP contribution in [-0.4, -0.2) is 84.5 Å². The van der Waals surface area contributed by atoms with Gasteiger partial charge in [-0.3, -0.25) is 14.4 Å². The van der Waals surface area contributed by atoms with Crippen molar-refractivity contribution in [1.29, 1.82) is 5.41 Å². The number of likely N-dealkylation sites (N-methyl/N-ethyl adjacent to an activating group) is 2. The zero-order valence-electron chi connectivity index (χ0n) is 24.8. The lowest BCUT2D eigenvalue weighted by Crippen LogP contribution is -2.42. The van der Waals surface area contributed by atoms with E-state index in [-0.39, 0.29) is 23.7 Å². The number of hydrogen-bond donors (Lipinski definition) is 4. The number of H-pyrrole nitrogens is 1. The molecule has 0 saturated carbocycles. The van der Waals surface area contributed by atoms with E-state index in [2.05, 4.69) is 44.5 Å². The number of aryl methyl sites for hydroxylation is 2. The summed E-state index contributed by atoms with van der Waals surface area (Å²) in [7, 11) is 4.35. The molecule has 218 valence electrons. The van der Waals surface area contributed by atoms with Crippen LogP contribution in [0.15, 0.2) is 41.2 Å². The second-order valence-corrected chi connectivity index (χ2v) is 10.7. The summed E-state index contributed by atoms with van der Waals surface area (Å²) in [6, 6.07) is 10.4. The molecule has 3 heterocycles. The summed E-state index contributed by atoms with van der Waals surface area (Å²) in [4.78, 5) is 48.8. The third-order valence-electron chi connectivity index (χ3n) is 6.84. The highest BCUT2D eigenvalue weighted by Crippen LogP contribution is 2.26. The summed E-state index contributed by atoms with van der Waals surface area (Å²) >= 11 is 0. The number of aromatic nitrogens is 2. The van der Waals surface area contributed by atoms with Crippen LogP contribution in [0.2, 0.25) is 0 Å². The van der Waals surface area contributed by atoms with Gasteiger partial charge in [0.1, 0.15) is 12.1 Å². The van der Waals surface area contributed by atoms with Gasteiger partial charge in [0.2, 0.25) is 0 Å². The number of carbonyl (C=O) groups excluding carboxylic acids is 2. The first-order chi connectivity index (χ1) is 19.5. The lowest BCUT2D eigenvalue weighted by Gasteiger charge is -2.28. The number of piperazine rings is 1.